The van der Waals surface area contributed by atoms with Gasteiger partial charge < -0.3 is 4.90 Å². The van der Waals surface area contributed by atoms with Gasteiger partial charge in [-0.25, -0.2) is 13.1 Å². The first kappa shape index (κ1) is 22.8. The van der Waals surface area contributed by atoms with E-state index in [0.717, 1.165) is 4.31 Å². The zero-order chi connectivity index (χ0) is 21.1. The topological polar surface area (TPSA) is 107 Å². The van der Waals surface area contributed by atoms with Crippen LogP contribution in [-0.2, 0) is 20.2 Å². The van der Waals surface area contributed by atoms with Crippen LogP contribution in [0.3, 0.4) is 0 Å². The van der Waals surface area contributed by atoms with Crippen molar-refractivity contribution in [3.05, 3.63) is 29.8 Å². The number of benzene rings is 1. The Bertz CT molecular complexity index is 890. The van der Waals surface area contributed by atoms with Crippen molar-refractivity contribution in [1.82, 2.24) is 18.2 Å². The molecule has 1 heterocycles. The largest absolute Gasteiger partial charge is 0.336 e. The monoisotopic (exact) mass is 432 g/mol. The van der Waals surface area contributed by atoms with Gasteiger partial charge in [-0.1, -0.05) is 6.92 Å². The van der Waals surface area contributed by atoms with E-state index in [-0.39, 0.29) is 43.0 Å². The number of hydrogen-bond acceptors (Lipinski definition) is 5. The molecule has 1 N–H and O–H groups in total. The number of nitrogens with one attached hydrogen (secondary N) is 1. The summed E-state index contributed by atoms with van der Waals surface area (Å²) >= 11 is 0. The Balaban J connectivity index is 2.05. The predicted octanol–water partition coefficient (Wildman–Crippen LogP) is 0.328. The fraction of sp³-hybridized carbons (Fsp3) is 0.588. The smallest absolute Gasteiger partial charge is 0.281 e. The molecular weight excluding hydrogens is 404 g/mol. The first-order valence-electron chi connectivity index (χ1n) is 9.08. The molecule has 1 unspecified atom stereocenters. The molecule has 0 aliphatic carbocycles. The first-order valence-corrected chi connectivity index (χ1v) is 12.0. The molecule has 158 valence electrons. The van der Waals surface area contributed by atoms with Gasteiger partial charge in [-0.2, -0.15) is 17.0 Å². The minimum absolute atomic E-state index is 0.103. The lowest BCUT2D eigenvalue weighted by molar-refractivity contribution is 0.0695. The minimum Gasteiger partial charge on any atom is -0.336 e. The van der Waals surface area contributed by atoms with Crippen LogP contribution in [0.2, 0.25) is 0 Å². The summed E-state index contributed by atoms with van der Waals surface area (Å²) < 4.78 is 54.0. The van der Waals surface area contributed by atoms with E-state index in [0.29, 0.717) is 12.0 Å². The highest BCUT2D eigenvalue weighted by Crippen LogP contribution is 2.16. The van der Waals surface area contributed by atoms with E-state index >= 15 is 0 Å². The van der Waals surface area contributed by atoms with Gasteiger partial charge in [0.15, 0.2) is 0 Å². The van der Waals surface area contributed by atoms with E-state index in [9.17, 15) is 21.6 Å². The summed E-state index contributed by atoms with van der Waals surface area (Å²) in [5.41, 5.74) is 0.367. The van der Waals surface area contributed by atoms with E-state index in [4.69, 9.17) is 0 Å². The summed E-state index contributed by atoms with van der Waals surface area (Å²) in [4.78, 5) is 14.3. The van der Waals surface area contributed by atoms with Crippen molar-refractivity contribution in [2.24, 2.45) is 0 Å². The number of carbonyl (C=O) groups is 1. The van der Waals surface area contributed by atoms with Crippen LogP contribution in [0.4, 0.5) is 0 Å². The van der Waals surface area contributed by atoms with E-state index < -0.39 is 20.2 Å². The molecule has 1 amide bonds. The molecule has 1 atom stereocenters. The van der Waals surface area contributed by atoms with Gasteiger partial charge in [0.2, 0.25) is 10.0 Å². The molecule has 1 aliphatic rings. The Morgan fingerprint density at radius 2 is 1.61 bits per heavy atom. The summed E-state index contributed by atoms with van der Waals surface area (Å²) in [5, 5.41) is 0. The molecule has 11 heteroatoms. The van der Waals surface area contributed by atoms with Crippen molar-refractivity contribution in [1.29, 1.82) is 0 Å². The summed E-state index contributed by atoms with van der Waals surface area (Å²) in [7, 11) is -4.18. The standard InChI is InChI=1S/C17H28N4O5S2/c1-5-14(2)18-27(23,24)16-8-6-15(7-9-16)17(22)20-10-12-21(13-11-20)28(25,26)19(3)4/h6-9,14,18H,5,10-13H2,1-4H3. The molecule has 2 rings (SSSR count). The van der Waals surface area contributed by atoms with Gasteiger partial charge in [-0.15, -0.1) is 0 Å². The minimum atomic E-state index is -3.62. The maximum absolute atomic E-state index is 12.7. The van der Waals surface area contributed by atoms with E-state index in [1.165, 1.54) is 42.7 Å². The Morgan fingerprint density at radius 1 is 1.07 bits per heavy atom. The lowest BCUT2D eigenvalue weighted by Gasteiger charge is -2.35. The van der Waals surface area contributed by atoms with Crippen molar-refractivity contribution in [3.63, 3.8) is 0 Å². The van der Waals surface area contributed by atoms with Crippen LogP contribution in [0.1, 0.15) is 30.6 Å². The van der Waals surface area contributed by atoms with Gasteiger partial charge in [0.1, 0.15) is 0 Å². The first-order chi connectivity index (χ1) is 13.0. The lowest BCUT2D eigenvalue weighted by atomic mass is 10.2. The molecule has 0 bridgehead atoms. The van der Waals surface area contributed by atoms with Gasteiger partial charge in [-0.3, -0.25) is 4.79 Å². The van der Waals surface area contributed by atoms with Crippen LogP contribution >= 0.6 is 0 Å². The van der Waals surface area contributed by atoms with Gasteiger partial charge in [0, 0.05) is 51.9 Å². The average Bonchev–Trinajstić information content (AvgIpc) is 2.67. The quantitative estimate of drug-likeness (QED) is 0.668. The molecule has 0 saturated carbocycles. The predicted molar refractivity (Wildman–Crippen MR) is 107 cm³/mol. The van der Waals surface area contributed by atoms with Crippen molar-refractivity contribution in [2.45, 2.75) is 31.2 Å². The molecule has 0 radical (unpaired) electrons. The molecule has 0 spiro atoms. The van der Waals surface area contributed by atoms with Gasteiger partial charge in [0.05, 0.1) is 4.90 Å². The van der Waals surface area contributed by atoms with E-state index in [2.05, 4.69) is 4.72 Å². The third-order valence-electron chi connectivity index (χ3n) is 4.69. The fourth-order valence-electron chi connectivity index (χ4n) is 2.73. The Hall–Kier alpha value is -1.53. The number of sulfonamides is 1. The van der Waals surface area contributed by atoms with Crippen molar-refractivity contribution in [2.75, 3.05) is 40.3 Å². The van der Waals surface area contributed by atoms with Crippen molar-refractivity contribution in [3.8, 4) is 0 Å². The fourth-order valence-corrected chi connectivity index (χ4v) is 5.14. The maximum Gasteiger partial charge on any atom is 0.281 e. The number of carbonyl (C=O) groups excluding carboxylic acids is 1. The molecule has 1 aromatic carbocycles. The third kappa shape index (κ3) is 5.09. The Kier molecular flexibility index (Phi) is 7.21. The number of piperazine rings is 1. The normalized spacial score (nSPS) is 17.7. The molecule has 1 aliphatic heterocycles. The molecule has 1 aromatic rings. The van der Waals surface area contributed by atoms with Crippen LogP contribution in [0.25, 0.3) is 0 Å². The summed E-state index contributed by atoms with van der Waals surface area (Å²) in [6, 6.07) is 5.60. The number of hydrogen-bond donors (Lipinski definition) is 1. The average molecular weight is 433 g/mol. The van der Waals surface area contributed by atoms with E-state index in [1.807, 2.05) is 6.92 Å². The summed E-state index contributed by atoms with van der Waals surface area (Å²) in [5.74, 6) is -0.249. The molecule has 1 fully saturated rings. The molecule has 0 aromatic heterocycles. The second-order valence-corrected chi connectivity index (χ2v) is 10.8. The highest BCUT2D eigenvalue weighted by Gasteiger charge is 2.30. The zero-order valence-corrected chi connectivity index (χ0v) is 18.3. The SMILES string of the molecule is CCC(C)NS(=O)(=O)c1ccc(C(=O)N2CCN(S(=O)(=O)N(C)C)CC2)cc1. The second kappa shape index (κ2) is 8.87. The van der Waals surface area contributed by atoms with Crippen molar-refractivity contribution < 1.29 is 21.6 Å². The zero-order valence-electron chi connectivity index (χ0n) is 16.6. The Morgan fingerprint density at radius 3 is 2.07 bits per heavy atom. The summed E-state index contributed by atoms with van der Waals surface area (Å²) in [6.07, 6.45) is 0.672. The van der Waals surface area contributed by atoms with Crippen molar-refractivity contribution >= 4 is 26.1 Å². The van der Waals surface area contributed by atoms with Crippen LogP contribution < -0.4 is 4.72 Å². The van der Waals surface area contributed by atoms with Crippen LogP contribution in [0.5, 0.6) is 0 Å². The molecular formula is C17H28N4O5S2. The maximum atomic E-state index is 12.7. The lowest BCUT2D eigenvalue weighted by Crippen LogP contribution is -2.53. The van der Waals surface area contributed by atoms with E-state index in [1.54, 1.807) is 11.8 Å². The van der Waals surface area contributed by atoms with Gasteiger partial charge in [0.25, 0.3) is 16.1 Å². The van der Waals surface area contributed by atoms with Crippen LogP contribution in [0.15, 0.2) is 29.2 Å². The molecule has 9 nitrogen and oxygen atoms in total. The molecule has 28 heavy (non-hydrogen) atoms. The van der Waals surface area contributed by atoms with Crippen LogP contribution in [-0.4, -0.2) is 82.6 Å². The number of nitrogens with zero attached hydrogens (tertiary/aromatic N) is 3. The highest BCUT2D eigenvalue weighted by molar-refractivity contribution is 7.89. The number of amides is 1. The number of rotatable bonds is 7. The third-order valence-corrected chi connectivity index (χ3v) is 8.24. The Labute approximate surface area is 167 Å². The summed E-state index contributed by atoms with van der Waals surface area (Å²) in [6.45, 7) is 4.67. The van der Waals surface area contributed by atoms with Gasteiger partial charge >= 0.3 is 0 Å². The molecule has 1 saturated heterocycles. The van der Waals surface area contributed by atoms with Crippen LogP contribution in [0, 0.1) is 0 Å². The van der Waals surface area contributed by atoms with Gasteiger partial charge in [-0.05, 0) is 37.6 Å². The highest BCUT2D eigenvalue weighted by atomic mass is 32.2. The second-order valence-electron chi connectivity index (χ2n) is 6.94.